The number of rotatable bonds is 4. The summed E-state index contributed by atoms with van der Waals surface area (Å²) < 4.78 is 3.55. The van der Waals surface area contributed by atoms with Gasteiger partial charge in [-0.2, -0.15) is 0 Å². The van der Waals surface area contributed by atoms with Crippen molar-refractivity contribution in [3.8, 4) is 0 Å². The molecule has 1 aliphatic heterocycles. The van der Waals surface area contributed by atoms with Gasteiger partial charge in [0.1, 0.15) is 0 Å². The van der Waals surface area contributed by atoms with Gasteiger partial charge in [-0.15, -0.1) is 0 Å². The van der Waals surface area contributed by atoms with Crippen LogP contribution in [0.25, 0.3) is 16.3 Å². The van der Waals surface area contributed by atoms with Crippen LogP contribution in [0.5, 0.6) is 0 Å². The van der Waals surface area contributed by atoms with Crippen molar-refractivity contribution in [2.75, 3.05) is 19.6 Å². The molecule has 0 amide bonds. The minimum Gasteiger partial charge on any atom is -0.320 e. The fourth-order valence-corrected chi connectivity index (χ4v) is 4.58. The molecule has 134 valence electrons. The standard InChI is InChI=1S/C22H25N3S/c1-24-20-11-5-6-12-21(20)26-22(24)23-19-13-16-25(17-14-19)15-7-10-18-8-3-2-4-9-18/h2-12,19H,13-17H2,1H3/b10-7+,23-22?. The van der Waals surface area contributed by atoms with E-state index in [1.807, 2.05) is 0 Å². The normalized spacial score (nSPS) is 17.5. The summed E-state index contributed by atoms with van der Waals surface area (Å²) in [5, 5.41) is 0. The molecule has 0 spiro atoms. The summed E-state index contributed by atoms with van der Waals surface area (Å²) in [5.74, 6) is 0. The molecule has 1 aromatic heterocycles. The van der Waals surface area contributed by atoms with Gasteiger partial charge in [-0.25, -0.2) is 0 Å². The number of likely N-dealkylation sites (tertiary alicyclic amines) is 1. The molecule has 0 saturated carbocycles. The lowest BCUT2D eigenvalue weighted by atomic mass is 10.1. The van der Waals surface area contributed by atoms with E-state index in [1.165, 1.54) is 15.8 Å². The number of aryl methyl sites for hydroxylation is 1. The number of para-hydroxylation sites is 1. The van der Waals surface area contributed by atoms with Crippen molar-refractivity contribution in [2.24, 2.45) is 12.0 Å². The Hall–Kier alpha value is -2.17. The van der Waals surface area contributed by atoms with E-state index in [0.29, 0.717) is 6.04 Å². The van der Waals surface area contributed by atoms with E-state index in [1.54, 1.807) is 11.3 Å². The number of hydrogen-bond donors (Lipinski definition) is 0. The van der Waals surface area contributed by atoms with Crippen LogP contribution in [0, 0.1) is 0 Å². The Bertz CT molecular complexity index is 944. The Balaban J connectivity index is 1.36. The molecular formula is C22H25N3S. The van der Waals surface area contributed by atoms with Gasteiger partial charge in [0.05, 0.1) is 16.3 Å². The van der Waals surface area contributed by atoms with Crippen LogP contribution in [0.3, 0.4) is 0 Å². The van der Waals surface area contributed by atoms with Gasteiger partial charge in [0, 0.05) is 26.7 Å². The lowest BCUT2D eigenvalue weighted by Crippen LogP contribution is -2.36. The van der Waals surface area contributed by atoms with Crippen LogP contribution in [0.15, 0.2) is 65.7 Å². The Kier molecular flexibility index (Phi) is 5.32. The number of thiazole rings is 1. The minimum atomic E-state index is 0.448. The molecule has 4 rings (SSSR count). The van der Waals surface area contributed by atoms with Crippen LogP contribution in [0.1, 0.15) is 18.4 Å². The maximum Gasteiger partial charge on any atom is 0.185 e. The first-order valence-electron chi connectivity index (χ1n) is 9.32. The van der Waals surface area contributed by atoms with Crippen LogP contribution in [-0.2, 0) is 7.05 Å². The summed E-state index contributed by atoms with van der Waals surface area (Å²) in [4.78, 5) is 8.72. The van der Waals surface area contributed by atoms with E-state index in [-0.39, 0.29) is 0 Å². The molecule has 3 nitrogen and oxygen atoms in total. The topological polar surface area (TPSA) is 20.5 Å². The third kappa shape index (κ3) is 3.97. The third-order valence-electron chi connectivity index (χ3n) is 5.04. The maximum atomic E-state index is 5.05. The van der Waals surface area contributed by atoms with Gasteiger partial charge >= 0.3 is 0 Å². The van der Waals surface area contributed by atoms with Crippen LogP contribution in [-0.4, -0.2) is 35.1 Å². The lowest BCUT2D eigenvalue weighted by molar-refractivity contribution is 0.233. The first-order valence-corrected chi connectivity index (χ1v) is 10.1. The van der Waals surface area contributed by atoms with Gasteiger partial charge < -0.3 is 4.57 Å². The molecular weight excluding hydrogens is 338 g/mol. The molecule has 0 bridgehead atoms. The van der Waals surface area contributed by atoms with Crippen LogP contribution >= 0.6 is 11.3 Å². The summed E-state index contributed by atoms with van der Waals surface area (Å²) in [7, 11) is 2.13. The summed E-state index contributed by atoms with van der Waals surface area (Å²) in [5.41, 5.74) is 2.55. The molecule has 2 heterocycles. The fourth-order valence-electron chi connectivity index (χ4n) is 3.49. The monoisotopic (exact) mass is 363 g/mol. The van der Waals surface area contributed by atoms with Crippen molar-refractivity contribution in [1.29, 1.82) is 0 Å². The first kappa shape index (κ1) is 17.3. The van der Waals surface area contributed by atoms with Crippen LogP contribution < -0.4 is 4.80 Å². The molecule has 4 heteroatoms. The van der Waals surface area contributed by atoms with Crippen LogP contribution in [0.2, 0.25) is 0 Å². The summed E-state index contributed by atoms with van der Waals surface area (Å²) in [6.07, 6.45) is 6.79. The number of aromatic nitrogens is 1. The Morgan fingerprint density at radius 2 is 1.77 bits per heavy atom. The second-order valence-electron chi connectivity index (χ2n) is 6.89. The predicted molar refractivity (Wildman–Crippen MR) is 111 cm³/mol. The van der Waals surface area contributed by atoms with Crippen molar-refractivity contribution >= 4 is 27.6 Å². The van der Waals surface area contributed by atoms with Crippen molar-refractivity contribution in [3.63, 3.8) is 0 Å². The Labute approximate surface area is 158 Å². The molecule has 0 aliphatic carbocycles. The predicted octanol–water partition coefficient (Wildman–Crippen LogP) is 4.32. The molecule has 2 aromatic carbocycles. The van der Waals surface area contributed by atoms with E-state index >= 15 is 0 Å². The van der Waals surface area contributed by atoms with E-state index in [4.69, 9.17) is 4.99 Å². The third-order valence-corrected chi connectivity index (χ3v) is 6.17. The number of fused-ring (bicyclic) bond motifs is 1. The number of piperidine rings is 1. The van der Waals surface area contributed by atoms with Gasteiger partial charge in [-0.1, -0.05) is 66.0 Å². The Morgan fingerprint density at radius 1 is 1.04 bits per heavy atom. The zero-order valence-electron chi connectivity index (χ0n) is 15.2. The summed E-state index contributed by atoms with van der Waals surface area (Å²) in [6.45, 7) is 3.28. The number of hydrogen-bond acceptors (Lipinski definition) is 3. The van der Waals surface area contributed by atoms with Gasteiger partial charge in [0.2, 0.25) is 0 Å². The molecule has 0 radical (unpaired) electrons. The largest absolute Gasteiger partial charge is 0.320 e. The number of benzene rings is 2. The minimum absolute atomic E-state index is 0.448. The Morgan fingerprint density at radius 3 is 2.54 bits per heavy atom. The molecule has 26 heavy (non-hydrogen) atoms. The second-order valence-corrected chi connectivity index (χ2v) is 7.89. The highest BCUT2D eigenvalue weighted by Crippen LogP contribution is 2.17. The first-order chi connectivity index (χ1) is 12.8. The van der Waals surface area contributed by atoms with Gasteiger partial charge in [-0.3, -0.25) is 9.89 Å². The second kappa shape index (κ2) is 8.02. The van der Waals surface area contributed by atoms with Crippen LogP contribution in [0.4, 0.5) is 0 Å². The average Bonchev–Trinajstić information content (AvgIpc) is 3.00. The molecule has 1 fully saturated rings. The van der Waals surface area contributed by atoms with E-state index in [2.05, 4.69) is 83.3 Å². The fraction of sp³-hybridized carbons (Fsp3) is 0.318. The van der Waals surface area contributed by atoms with Crippen molar-refractivity contribution in [3.05, 3.63) is 71.0 Å². The van der Waals surface area contributed by atoms with Gasteiger partial charge in [0.25, 0.3) is 0 Å². The SMILES string of the molecule is Cn1c(=NC2CCN(C/C=C/c3ccccc3)CC2)sc2ccccc21. The highest BCUT2D eigenvalue weighted by Gasteiger charge is 2.17. The molecule has 0 unspecified atom stereocenters. The smallest absolute Gasteiger partial charge is 0.185 e. The van der Waals surface area contributed by atoms with Crippen molar-refractivity contribution in [1.82, 2.24) is 9.47 Å². The summed E-state index contributed by atoms with van der Waals surface area (Å²) >= 11 is 1.80. The lowest BCUT2D eigenvalue weighted by Gasteiger charge is -2.29. The highest BCUT2D eigenvalue weighted by molar-refractivity contribution is 7.16. The van der Waals surface area contributed by atoms with Gasteiger partial charge in [-0.05, 0) is 30.5 Å². The summed E-state index contributed by atoms with van der Waals surface area (Å²) in [6, 6.07) is 19.5. The van der Waals surface area contributed by atoms with Crippen molar-refractivity contribution in [2.45, 2.75) is 18.9 Å². The molecule has 3 aromatic rings. The quantitative estimate of drug-likeness (QED) is 0.676. The van der Waals surface area contributed by atoms with E-state index < -0.39 is 0 Å². The van der Waals surface area contributed by atoms with E-state index in [0.717, 1.165) is 37.3 Å². The highest BCUT2D eigenvalue weighted by atomic mass is 32.1. The molecule has 0 atom stereocenters. The zero-order chi connectivity index (χ0) is 17.8. The van der Waals surface area contributed by atoms with Crippen molar-refractivity contribution < 1.29 is 0 Å². The molecule has 1 saturated heterocycles. The zero-order valence-corrected chi connectivity index (χ0v) is 16.0. The molecule has 0 N–H and O–H groups in total. The van der Waals surface area contributed by atoms with Gasteiger partial charge in [0.15, 0.2) is 4.80 Å². The van der Waals surface area contributed by atoms with E-state index in [9.17, 15) is 0 Å². The molecule has 1 aliphatic rings. The number of nitrogens with zero attached hydrogens (tertiary/aromatic N) is 3. The average molecular weight is 364 g/mol. The maximum absolute atomic E-state index is 5.05.